The average Bonchev–Trinajstić information content (AvgIpc) is 2.85. The number of benzene rings is 3. The van der Waals surface area contributed by atoms with Crippen molar-refractivity contribution < 1.29 is 14.3 Å². The zero-order valence-electron chi connectivity index (χ0n) is 17.7. The van der Waals surface area contributed by atoms with E-state index in [9.17, 15) is 4.79 Å². The number of hydrogen-bond donors (Lipinski definition) is 2. The molecular formula is C25H18ClN5O3. The van der Waals surface area contributed by atoms with Crippen LogP contribution in [0.5, 0.6) is 23.1 Å². The Kier molecular flexibility index (Phi) is 6.87. The normalized spacial score (nSPS) is 11.2. The average molecular weight is 472 g/mol. The summed E-state index contributed by atoms with van der Waals surface area (Å²) in [6, 6.07) is 25.0. The van der Waals surface area contributed by atoms with Crippen LogP contribution in [0.4, 0.5) is 11.5 Å². The lowest BCUT2D eigenvalue weighted by Gasteiger charge is -2.13. The number of ether oxygens (including phenoxy) is 2. The highest BCUT2D eigenvalue weighted by molar-refractivity contribution is 6.34. The number of nitrogen functional groups attached to an aromatic ring is 1. The maximum Gasteiger partial charge on any atom is 0.256 e. The quantitative estimate of drug-likeness (QED) is 0.347. The predicted molar refractivity (Wildman–Crippen MR) is 129 cm³/mol. The number of aromatic nitrogens is 2. The molecule has 34 heavy (non-hydrogen) atoms. The molecule has 0 aliphatic carbocycles. The van der Waals surface area contributed by atoms with Crippen molar-refractivity contribution in [2.45, 2.75) is 5.38 Å². The van der Waals surface area contributed by atoms with E-state index in [0.717, 1.165) is 11.3 Å². The number of alkyl halides is 1. The fourth-order valence-corrected chi connectivity index (χ4v) is 3.11. The summed E-state index contributed by atoms with van der Waals surface area (Å²) in [6.07, 6.45) is 1.30. The molecule has 3 N–H and O–H groups in total. The van der Waals surface area contributed by atoms with Crippen LogP contribution in [-0.2, 0) is 4.79 Å². The zero-order valence-corrected chi connectivity index (χ0v) is 18.4. The Morgan fingerprint density at radius 1 is 0.941 bits per heavy atom. The van der Waals surface area contributed by atoms with E-state index in [4.69, 9.17) is 32.1 Å². The molecule has 9 heteroatoms. The number of rotatable bonds is 7. The van der Waals surface area contributed by atoms with E-state index in [1.807, 2.05) is 54.6 Å². The van der Waals surface area contributed by atoms with Gasteiger partial charge in [-0.1, -0.05) is 48.0 Å². The number of amides is 1. The second-order valence-corrected chi connectivity index (χ2v) is 7.43. The third kappa shape index (κ3) is 5.41. The Morgan fingerprint density at radius 3 is 2.38 bits per heavy atom. The second kappa shape index (κ2) is 10.3. The Morgan fingerprint density at radius 2 is 1.65 bits per heavy atom. The van der Waals surface area contributed by atoms with Crippen molar-refractivity contribution >= 4 is 29.0 Å². The molecule has 1 atom stereocenters. The number of para-hydroxylation sites is 1. The van der Waals surface area contributed by atoms with Crippen molar-refractivity contribution in [3.8, 4) is 40.3 Å². The highest BCUT2D eigenvalue weighted by Gasteiger charge is 2.16. The maximum atomic E-state index is 11.9. The van der Waals surface area contributed by atoms with Gasteiger partial charge in [-0.2, -0.15) is 5.26 Å². The summed E-state index contributed by atoms with van der Waals surface area (Å²) >= 11 is 5.65. The van der Waals surface area contributed by atoms with Crippen molar-refractivity contribution in [3.63, 3.8) is 0 Å². The first kappa shape index (κ1) is 22.6. The molecule has 0 fully saturated rings. The van der Waals surface area contributed by atoms with E-state index < -0.39 is 11.3 Å². The number of hydrogen-bond acceptors (Lipinski definition) is 7. The molecule has 1 aromatic heterocycles. The van der Waals surface area contributed by atoms with Crippen LogP contribution >= 0.6 is 11.6 Å². The molecular weight excluding hydrogens is 454 g/mol. The summed E-state index contributed by atoms with van der Waals surface area (Å²) in [5, 5.41) is 10.0. The lowest BCUT2D eigenvalue weighted by atomic mass is 10.1. The monoisotopic (exact) mass is 471 g/mol. The van der Waals surface area contributed by atoms with Gasteiger partial charge in [0.05, 0.1) is 11.6 Å². The summed E-state index contributed by atoms with van der Waals surface area (Å²) in [6.45, 7) is 0. The van der Waals surface area contributed by atoms with Crippen LogP contribution in [-0.4, -0.2) is 21.3 Å². The van der Waals surface area contributed by atoms with Crippen molar-refractivity contribution in [2.75, 3.05) is 11.1 Å². The Bertz CT molecular complexity index is 1340. The Hall–Kier alpha value is -4.61. The highest BCUT2D eigenvalue weighted by Crippen LogP contribution is 2.36. The first-order valence-electron chi connectivity index (χ1n) is 10.1. The number of anilines is 2. The Balaban J connectivity index is 1.57. The van der Waals surface area contributed by atoms with Crippen molar-refractivity contribution in [1.29, 1.82) is 5.26 Å². The van der Waals surface area contributed by atoms with Gasteiger partial charge in [0, 0.05) is 11.8 Å². The molecule has 8 nitrogen and oxygen atoms in total. The lowest BCUT2D eigenvalue weighted by Crippen LogP contribution is -2.21. The number of nitrogens with zero attached hydrogens (tertiary/aromatic N) is 3. The number of carbonyl (C=O) groups is 1. The molecule has 1 heterocycles. The molecule has 0 bridgehead atoms. The molecule has 0 radical (unpaired) electrons. The van der Waals surface area contributed by atoms with Crippen LogP contribution in [0.25, 0.3) is 11.1 Å². The van der Waals surface area contributed by atoms with Crippen LogP contribution in [0.1, 0.15) is 0 Å². The number of nitriles is 1. The van der Waals surface area contributed by atoms with E-state index in [1.165, 1.54) is 6.33 Å². The Labute approximate surface area is 200 Å². The molecule has 0 spiro atoms. The molecule has 168 valence electrons. The lowest BCUT2D eigenvalue weighted by molar-refractivity contribution is -0.115. The molecule has 0 saturated carbocycles. The van der Waals surface area contributed by atoms with Crippen LogP contribution in [0.3, 0.4) is 0 Å². The molecule has 1 unspecified atom stereocenters. The molecule has 4 rings (SSSR count). The smallest absolute Gasteiger partial charge is 0.256 e. The minimum absolute atomic E-state index is 0.236. The standard InChI is InChI=1S/C25H18ClN5O3/c26-21(14-27)24(32)31-17-5-4-8-20(13-17)34-25-22(23(28)29-15-30-25)16-9-11-19(12-10-16)33-18-6-2-1-3-7-18/h1-13,15,21H,(H,31,32)(H2,28,29,30). The predicted octanol–water partition coefficient (Wildman–Crippen LogP) is 5.38. The van der Waals surface area contributed by atoms with Gasteiger partial charge in [-0.15, -0.1) is 0 Å². The van der Waals surface area contributed by atoms with E-state index in [2.05, 4.69) is 15.3 Å². The van der Waals surface area contributed by atoms with E-state index in [-0.39, 0.29) is 11.7 Å². The van der Waals surface area contributed by atoms with Gasteiger partial charge in [-0.3, -0.25) is 4.79 Å². The fraction of sp³-hybridized carbons (Fsp3) is 0.0400. The summed E-state index contributed by atoms with van der Waals surface area (Å²) in [4.78, 5) is 20.2. The fourth-order valence-electron chi connectivity index (χ4n) is 3.06. The van der Waals surface area contributed by atoms with Crippen molar-refractivity contribution in [2.24, 2.45) is 0 Å². The second-order valence-electron chi connectivity index (χ2n) is 6.99. The van der Waals surface area contributed by atoms with Gasteiger partial charge < -0.3 is 20.5 Å². The van der Waals surface area contributed by atoms with E-state index in [0.29, 0.717) is 22.7 Å². The van der Waals surface area contributed by atoms with Crippen molar-refractivity contribution in [1.82, 2.24) is 9.97 Å². The molecule has 3 aromatic carbocycles. The van der Waals surface area contributed by atoms with Gasteiger partial charge in [0.15, 0.2) is 5.38 Å². The van der Waals surface area contributed by atoms with E-state index >= 15 is 0 Å². The third-order valence-corrected chi connectivity index (χ3v) is 4.92. The molecule has 0 saturated heterocycles. The maximum absolute atomic E-state index is 11.9. The van der Waals surface area contributed by atoms with Gasteiger partial charge in [0.1, 0.15) is 29.4 Å². The minimum atomic E-state index is -1.30. The van der Waals surface area contributed by atoms with Gasteiger partial charge in [-0.25, -0.2) is 9.97 Å². The topological polar surface area (TPSA) is 123 Å². The molecule has 4 aromatic rings. The first-order valence-corrected chi connectivity index (χ1v) is 10.5. The van der Waals surface area contributed by atoms with E-state index in [1.54, 1.807) is 30.3 Å². The van der Waals surface area contributed by atoms with Crippen LogP contribution in [0.15, 0.2) is 85.2 Å². The van der Waals surface area contributed by atoms with Gasteiger partial charge >= 0.3 is 0 Å². The van der Waals surface area contributed by atoms with Crippen LogP contribution in [0, 0.1) is 11.3 Å². The van der Waals surface area contributed by atoms with Gasteiger partial charge in [0.25, 0.3) is 5.91 Å². The summed E-state index contributed by atoms with van der Waals surface area (Å²) < 4.78 is 11.8. The SMILES string of the molecule is N#CC(Cl)C(=O)Nc1cccc(Oc2ncnc(N)c2-c2ccc(Oc3ccccc3)cc2)c1. The number of nitrogens with one attached hydrogen (secondary N) is 1. The first-order chi connectivity index (χ1) is 16.5. The third-order valence-electron chi connectivity index (χ3n) is 4.62. The summed E-state index contributed by atoms with van der Waals surface area (Å²) in [7, 11) is 0. The van der Waals surface area contributed by atoms with Gasteiger partial charge in [-0.05, 0) is 42.0 Å². The number of nitrogens with two attached hydrogens (primary N) is 1. The summed E-state index contributed by atoms with van der Waals surface area (Å²) in [5.41, 5.74) is 7.80. The highest BCUT2D eigenvalue weighted by atomic mass is 35.5. The minimum Gasteiger partial charge on any atom is -0.457 e. The molecule has 0 aliphatic rings. The van der Waals surface area contributed by atoms with Gasteiger partial charge in [0.2, 0.25) is 5.88 Å². The van der Waals surface area contributed by atoms with Crippen molar-refractivity contribution in [3.05, 3.63) is 85.2 Å². The largest absolute Gasteiger partial charge is 0.457 e. The molecule has 1 amide bonds. The number of halogens is 1. The molecule has 0 aliphatic heterocycles. The number of carbonyl (C=O) groups excluding carboxylic acids is 1. The van der Waals surface area contributed by atoms with Crippen LogP contribution < -0.4 is 20.5 Å². The summed E-state index contributed by atoms with van der Waals surface area (Å²) in [5.74, 6) is 1.62. The zero-order chi connectivity index (χ0) is 23.9. The van der Waals surface area contributed by atoms with Crippen LogP contribution in [0.2, 0.25) is 0 Å².